The van der Waals surface area contributed by atoms with Crippen LogP contribution in [0.15, 0.2) is 42.5 Å². The summed E-state index contributed by atoms with van der Waals surface area (Å²) in [5, 5.41) is 10.2. The molecule has 94 valence electrons. The normalized spacial score (nSPS) is 11.6. The molecule has 0 aromatic heterocycles. The van der Waals surface area contributed by atoms with Crippen LogP contribution in [0, 0.1) is 13.8 Å². The Hall–Kier alpha value is -1.76. The molecule has 0 saturated heterocycles. The van der Waals surface area contributed by atoms with E-state index in [1.165, 1.54) is 11.1 Å². The maximum atomic E-state index is 10.2. The number of aromatic hydroxyl groups is 1. The summed E-state index contributed by atoms with van der Waals surface area (Å²) in [6.07, 6.45) is 0. The fraction of sp³-hybridized carbons (Fsp3) is 0.294. The predicted octanol–water partition coefficient (Wildman–Crippen LogP) is 4.33. The third-order valence-corrected chi connectivity index (χ3v) is 3.57. The van der Waals surface area contributed by atoms with Gasteiger partial charge in [0.2, 0.25) is 0 Å². The largest absolute Gasteiger partial charge is 0.508 e. The summed E-state index contributed by atoms with van der Waals surface area (Å²) in [7, 11) is 0. The van der Waals surface area contributed by atoms with Crippen molar-refractivity contribution in [2.75, 3.05) is 0 Å². The summed E-state index contributed by atoms with van der Waals surface area (Å²) in [5.74, 6) is 0.376. The van der Waals surface area contributed by atoms with Gasteiger partial charge in [0.1, 0.15) is 5.75 Å². The monoisotopic (exact) mass is 240 g/mol. The van der Waals surface area contributed by atoms with Crippen molar-refractivity contribution in [2.45, 2.75) is 33.1 Å². The molecule has 0 saturated carbocycles. The van der Waals surface area contributed by atoms with E-state index in [4.69, 9.17) is 0 Å². The quantitative estimate of drug-likeness (QED) is 0.828. The van der Waals surface area contributed by atoms with Gasteiger partial charge in [0.05, 0.1) is 0 Å². The second-order valence-corrected chi connectivity index (χ2v) is 5.52. The molecule has 0 heterocycles. The average Bonchev–Trinajstić information content (AvgIpc) is 2.28. The molecule has 0 atom stereocenters. The molecule has 2 aromatic carbocycles. The van der Waals surface area contributed by atoms with Crippen LogP contribution in [-0.4, -0.2) is 5.11 Å². The van der Waals surface area contributed by atoms with Gasteiger partial charge in [0.25, 0.3) is 0 Å². The number of phenolic OH excluding ortho intramolecular Hbond substituents is 1. The molecule has 0 unspecified atom stereocenters. The van der Waals surface area contributed by atoms with Gasteiger partial charge < -0.3 is 5.11 Å². The molecule has 0 fully saturated rings. The number of hydrogen-bond acceptors (Lipinski definition) is 1. The van der Waals surface area contributed by atoms with E-state index in [0.717, 1.165) is 11.1 Å². The Bertz CT molecular complexity index is 568. The summed E-state index contributed by atoms with van der Waals surface area (Å²) < 4.78 is 0. The van der Waals surface area contributed by atoms with Gasteiger partial charge in [-0.25, -0.2) is 0 Å². The van der Waals surface area contributed by atoms with E-state index < -0.39 is 0 Å². The molecular formula is C17H20O. The lowest BCUT2D eigenvalue weighted by molar-refractivity contribution is 0.452. The highest BCUT2D eigenvalue weighted by molar-refractivity contribution is 5.47. The van der Waals surface area contributed by atoms with E-state index >= 15 is 0 Å². The number of hydrogen-bond donors (Lipinski definition) is 1. The third-order valence-electron chi connectivity index (χ3n) is 3.57. The van der Waals surface area contributed by atoms with Gasteiger partial charge >= 0.3 is 0 Å². The van der Waals surface area contributed by atoms with Crippen LogP contribution in [0.25, 0.3) is 0 Å². The van der Waals surface area contributed by atoms with Crippen LogP contribution in [0.4, 0.5) is 0 Å². The Morgan fingerprint density at radius 2 is 1.56 bits per heavy atom. The van der Waals surface area contributed by atoms with Crippen molar-refractivity contribution in [1.29, 1.82) is 0 Å². The van der Waals surface area contributed by atoms with Crippen molar-refractivity contribution in [3.05, 3.63) is 64.7 Å². The maximum absolute atomic E-state index is 10.2. The molecule has 1 nitrogen and oxygen atoms in total. The minimum atomic E-state index is -0.191. The van der Waals surface area contributed by atoms with Crippen molar-refractivity contribution in [3.63, 3.8) is 0 Å². The maximum Gasteiger partial charge on any atom is 0.119 e. The Kier molecular flexibility index (Phi) is 3.16. The SMILES string of the molecule is Cc1cccc(C(C)(C)c2ccc(C)cc2O)c1. The van der Waals surface area contributed by atoms with Gasteiger partial charge in [-0.2, -0.15) is 0 Å². The first-order valence-corrected chi connectivity index (χ1v) is 6.28. The lowest BCUT2D eigenvalue weighted by Crippen LogP contribution is -2.19. The molecule has 18 heavy (non-hydrogen) atoms. The topological polar surface area (TPSA) is 20.2 Å². The number of rotatable bonds is 2. The van der Waals surface area contributed by atoms with E-state index in [9.17, 15) is 5.11 Å². The lowest BCUT2D eigenvalue weighted by Gasteiger charge is -2.27. The Morgan fingerprint density at radius 3 is 2.17 bits per heavy atom. The van der Waals surface area contributed by atoms with Crippen LogP contribution in [0.5, 0.6) is 5.75 Å². The van der Waals surface area contributed by atoms with Gasteiger partial charge in [-0.05, 0) is 31.0 Å². The molecule has 0 spiro atoms. The standard InChI is InChI=1S/C17H20O/c1-12-6-5-7-14(10-12)17(3,4)15-9-8-13(2)11-16(15)18/h5-11,18H,1-4H3. The third kappa shape index (κ3) is 2.26. The van der Waals surface area contributed by atoms with Crippen LogP contribution in [0.3, 0.4) is 0 Å². The molecule has 2 aromatic rings. The summed E-state index contributed by atoms with van der Waals surface area (Å²) in [6.45, 7) is 8.37. The first kappa shape index (κ1) is 12.7. The zero-order valence-corrected chi connectivity index (χ0v) is 11.5. The molecule has 0 aliphatic carbocycles. The summed E-state index contributed by atoms with van der Waals surface area (Å²) in [4.78, 5) is 0. The number of phenols is 1. The second-order valence-electron chi connectivity index (χ2n) is 5.52. The number of aryl methyl sites for hydroxylation is 2. The summed E-state index contributed by atoms with van der Waals surface area (Å²) in [5.41, 5.74) is 4.33. The Morgan fingerprint density at radius 1 is 0.889 bits per heavy atom. The average molecular weight is 240 g/mol. The minimum Gasteiger partial charge on any atom is -0.508 e. The fourth-order valence-corrected chi connectivity index (χ4v) is 2.36. The van der Waals surface area contributed by atoms with E-state index in [1.807, 2.05) is 25.1 Å². The van der Waals surface area contributed by atoms with Crippen LogP contribution < -0.4 is 0 Å². The van der Waals surface area contributed by atoms with Crippen LogP contribution >= 0.6 is 0 Å². The second kappa shape index (κ2) is 4.49. The molecule has 1 N–H and O–H groups in total. The molecule has 0 radical (unpaired) electrons. The summed E-state index contributed by atoms with van der Waals surface area (Å²) in [6, 6.07) is 14.4. The molecule has 0 aliphatic heterocycles. The van der Waals surface area contributed by atoms with Gasteiger partial charge in [-0.15, -0.1) is 0 Å². The Labute approximate surface area is 109 Å². The molecule has 2 rings (SSSR count). The highest BCUT2D eigenvalue weighted by atomic mass is 16.3. The Balaban J connectivity index is 2.53. The van der Waals surface area contributed by atoms with Crippen molar-refractivity contribution in [3.8, 4) is 5.75 Å². The first-order chi connectivity index (χ1) is 8.41. The predicted molar refractivity (Wildman–Crippen MR) is 76.2 cm³/mol. The van der Waals surface area contributed by atoms with Crippen LogP contribution in [-0.2, 0) is 5.41 Å². The van der Waals surface area contributed by atoms with Gasteiger partial charge in [-0.3, -0.25) is 0 Å². The first-order valence-electron chi connectivity index (χ1n) is 6.28. The van der Waals surface area contributed by atoms with Crippen molar-refractivity contribution in [1.82, 2.24) is 0 Å². The summed E-state index contributed by atoms with van der Waals surface area (Å²) >= 11 is 0. The minimum absolute atomic E-state index is 0.191. The zero-order chi connectivity index (χ0) is 13.3. The molecular weight excluding hydrogens is 220 g/mol. The van der Waals surface area contributed by atoms with Gasteiger partial charge in [0, 0.05) is 11.0 Å². The van der Waals surface area contributed by atoms with E-state index in [-0.39, 0.29) is 5.41 Å². The van der Waals surface area contributed by atoms with Crippen LogP contribution in [0.2, 0.25) is 0 Å². The zero-order valence-electron chi connectivity index (χ0n) is 11.5. The highest BCUT2D eigenvalue weighted by Gasteiger charge is 2.25. The van der Waals surface area contributed by atoms with Crippen molar-refractivity contribution >= 4 is 0 Å². The smallest absolute Gasteiger partial charge is 0.119 e. The van der Waals surface area contributed by atoms with E-state index in [0.29, 0.717) is 5.75 Å². The highest BCUT2D eigenvalue weighted by Crippen LogP contribution is 2.37. The van der Waals surface area contributed by atoms with Crippen molar-refractivity contribution in [2.24, 2.45) is 0 Å². The van der Waals surface area contributed by atoms with Crippen molar-refractivity contribution < 1.29 is 5.11 Å². The van der Waals surface area contributed by atoms with Gasteiger partial charge in [0.15, 0.2) is 0 Å². The molecule has 0 bridgehead atoms. The molecule has 0 aliphatic rings. The molecule has 1 heteroatoms. The molecule has 0 amide bonds. The lowest BCUT2D eigenvalue weighted by atomic mass is 9.77. The van der Waals surface area contributed by atoms with E-state index in [2.05, 4.69) is 45.0 Å². The van der Waals surface area contributed by atoms with Gasteiger partial charge in [-0.1, -0.05) is 55.8 Å². The number of benzene rings is 2. The van der Waals surface area contributed by atoms with E-state index in [1.54, 1.807) is 0 Å². The fourth-order valence-electron chi connectivity index (χ4n) is 2.36. The van der Waals surface area contributed by atoms with Crippen LogP contribution in [0.1, 0.15) is 36.1 Å².